The zero-order chi connectivity index (χ0) is 13.8. The summed E-state index contributed by atoms with van der Waals surface area (Å²) in [6, 6.07) is 7.75. The van der Waals surface area contributed by atoms with Crippen molar-refractivity contribution in [3.63, 3.8) is 0 Å². The van der Waals surface area contributed by atoms with E-state index in [1.807, 2.05) is 31.3 Å². The summed E-state index contributed by atoms with van der Waals surface area (Å²) in [4.78, 5) is 3.95. The summed E-state index contributed by atoms with van der Waals surface area (Å²) in [6.45, 7) is 0.819. The first-order valence-electron chi connectivity index (χ1n) is 6.54. The van der Waals surface area contributed by atoms with Gasteiger partial charge in [0.25, 0.3) is 0 Å². The van der Waals surface area contributed by atoms with Crippen LogP contribution in [0.4, 0.5) is 0 Å². The van der Waals surface area contributed by atoms with Crippen molar-refractivity contribution in [1.82, 2.24) is 10.3 Å². The summed E-state index contributed by atoms with van der Waals surface area (Å²) >= 11 is 0. The molecule has 2 aromatic heterocycles. The lowest BCUT2D eigenvalue weighted by atomic mass is 10.2. The largest absolute Gasteiger partial charge is 0.478 e. The predicted octanol–water partition coefficient (Wildman–Crippen LogP) is 3.15. The molecule has 5 nitrogen and oxygen atoms in total. The molecule has 0 saturated carbocycles. The Hall–Kier alpha value is -2.27. The Kier molecular flexibility index (Phi) is 3.69. The molecule has 0 aliphatic heterocycles. The molecule has 20 heavy (non-hydrogen) atoms. The number of para-hydroxylation sites is 1. The molecule has 0 fully saturated rings. The van der Waals surface area contributed by atoms with E-state index in [4.69, 9.17) is 13.6 Å². The third kappa shape index (κ3) is 2.53. The number of hydrogen-bond acceptors (Lipinski definition) is 5. The second-order valence-electron chi connectivity index (χ2n) is 4.50. The highest BCUT2D eigenvalue weighted by Gasteiger charge is 2.18. The third-order valence-electron chi connectivity index (χ3n) is 3.14. The fourth-order valence-electron chi connectivity index (χ4n) is 2.13. The molecule has 0 spiro atoms. The molecule has 2 heterocycles. The van der Waals surface area contributed by atoms with Crippen LogP contribution < -0.4 is 10.1 Å². The van der Waals surface area contributed by atoms with Gasteiger partial charge in [0.05, 0.1) is 12.5 Å². The first-order valence-corrected chi connectivity index (χ1v) is 6.54. The third-order valence-corrected chi connectivity index (χ3v) is 3.14. The molecule has 0 bridgehead atoms. The number of rotatable bonds is 6. The fourth-order valence-corrected chi connectivity index (χ4v) is 2.13. The number of nitrogens with zero attached hydrogens (tertiary/aromatic N) is 1. The van der Waals surface area contributed by atoms with Crippen LogP contribution in [0.1, 0.15) is 18.3 Å². The Labute approximate surface area is 116 Å². The molecule has 0 amide bonds. The van der Waals surface area contributed by atoms with Crippen molar-refractivity contribution in [2.45, 2.75) is 12.5 Å². The van der Waals surface area contributed by atoms with E-state index >= 15 is 0 Å². The molecular formula is C15H16N2O3. The zero-order valence-electron chi connectivity index (χ0n) is 11.2. The normalized spacial score (nSPS) is 12.7. The number of oxazole rings is 1. The van der Waals surface area contributed by atoms with E-state index in [0.717, 1.165) is 23.9 Å². The van der Waals surface area contributed by atoms with Crippen LogP contribution in [-0.2, 0) is 0 Å². The fraction of sp³-hybridized carbons (Fsp3) is 0.267. The summed E-state index contributed by atoms with van der Waals surface area (Å²) in [5, 5.41) is 4.13. The summed E-state index contributed by atoms with van der Waals surface area (Å²) in [5.74, 6) is 1.42. The lowest BCUT2D eigenvalue weighted by molar-refractivity contribution is 0.167. The van der Waals surface area contributed by atoms with E-state index in [0.29, 0.717) is 11.5 Å². The van der Waals surface area contributed by atoms with Crippen LogP contribution in [0.5, 0.6) is 5.75 Å². The summed E-state index contributed by atoms with van der Waals surface area (Å²) in [5.41, 5.74) is 0.751. The van der Waals surface area contributed by atoms with Crippen molar-refractivity contribution in [1.29, 1.82) is 0 Å². The Morgan fingerprint density at radius 3 is 3.05 bits per heavy atom. The Morgan fingerprint density at radius 2 is 2.25 bits per heavy atom. The van der Waals surface area contributed by atoms with Gasteiger partial charge in [0.1, 0.15) is 0 Å². The Balaban J connectivity index is 1.87. The zero-order valence-corrected chi connectivity index (χ0v) is 11.2. The minimum absolute atomic E-state index is 0.194. The maximum atomic E-state index is 6.07. The van der Waals surface area contributed by atoms with Gasteiger partial charge in [-0.1, -0.05) is 12.1 Å². The number of hydrogen-bond donors (Lipinski definition) is 1. The van der Waals surface area contributed by atoms with Crippen molar-refractivity contribution in [3.05, 3.63) is 48.9 Å². The lowest BCUT2D eigenvalue weighted by Crippen LogP contribution is -2.16. The average molecular weight is 272 g/mol. The van der Waals surface area contributed by atoms with Gasteiger partial charge in [-0.2, -0.15) is 0 Å². The summed E-state index contributed by atoms with van der Waals surface area (Å²) in [6.07, 6.45) is 5.35. The van der Waals surface area contributed by atoms with E-state index in [9.17, 15) is 0 Å². The van der Waals surface area contributed by atoms with Gasteiger partial charge in [0, 0.05) is 11.8 Å². The Bertz CT molecular complexity index is 661. The smallest absolute Gasteiger partial charge is 0.181 e. The first kappa shape index (κ1) is 12.7. The van der Waals surface area contributed by atoms with E-state index in [2.05, 4.69) is 10.3 Å². The second-order valence-corrected chi connectivity index (χ2v) is 4.50. The molecule has 1 atom stereocenters. The quantitative estimate of drug-likeness (QED) is 0.747. The highest BCUT2D eigenvalue weighted by atomic mass is 16.5. The number of benzene rings is 1. The van der Waals surface area contributed by atoms with E-state index in [1.165, 1.54) is 6.39 Å². The minimum atomic E-state index is -0.194. The van der Waals surface area contributed by atoms with Crippen LogP contribution in [0, 0.1) is 0 Å². The maximum Gasteiger partial charge on any atom is 0.181 e. The number of nitrogens with one attached hydrogen (secondary N) is 1. The predicted molar refractivity (Wildman–Crippen MR) is 74.6 cm³/mol. The number of furan rings is 1. The highest BCUT2D eigenvalue weighted by Crippen LogP contribution is 2.31. The van der Waals surface area contributed by atoms with Crippen LogP contribution in [0.25, 0.3) is 11.0 Å². The molecule has 0 saturated heterocycles. The SMILES string of the molecule is CNCCC(Oc1cccc2ccoc12)c1cnco1. The number of ether oxygens (including phenoxy) is 1. The summed E-state index contributed by atoms with van der Waals surface area (Å²) in [7, 11) is 1.91. The second kappa shape index (κ2) is 5.79. The van der Waals surface area contributed by atoms with Gasteiger partial charge in [-0.15, -0.1) is 0 Å². The first-order chi connectivity index (χ1) is 9.88. The molecule has 1 unspecified atom stereocenters. The van der Waals surface area contributed by atoms with Gasteiger partial charge in [-0.3, -0.25) is 0 Å². The van der Waals surface area contributed by atoms with Crippen LogP contribution in [0.3, 0.4) is 0 Å². The van der Waals surface area contributed by atoms with Crippen LogP contribution >= 0.6 is 0 Å². The molecule has 1 aromatic carbocycles. The number of aromatic nitrogens is 1. The van der Waals surface area contributed by atoms with Crippen LogP contribution in [-0.4, -0.2) is 18.6 Å². The van der Waals surface area contributed by atoms with E-state index < -0.39 is 0 Å². The van der Waals surface area contributed by atoms with Crippen LogP contribution in [0.2, 0.25) is 0 Å². The minimum Gasteiger partial charge on any atom is -0.478 e. The molecule has 3 rings (SSSR count). The van der Waals surface area contributed by atoms with Gasteiger partial charge in [0.2, 0.25) is 0 Å². The van der Waals surface area contributed by atoms with Gasteiger partial charge >= 0.3 is 0 Å². The molecule has 5 heteroatoms. The average Bonchev–Trinajstić information content (AvgIpc) is 3.14. The molecule has 3 aromatic rings. The standard InChI is InChI=1S/C15H16N2O3/c1-16-7-5-12(14-9-17-10-19-14)20-13-4-2-3-11-6-8-18-15(11)13/h2-4,6,8-10,12,16H,5,7H2,1H3. The monoisotopic (exact) mass is 272 g/mol. The molecule has 0 aliphatic rings. The highest BCUT2D eigenvalue weighted by molar-refractivity contribution is 5.82. The molecule has 0 radical (unpaired) electrons. The van der Waals surface area contributed by atoms with Crippen molar-refractivity contribution in [2.24, 2.45) is 0 Å². The van der Waals surface area contributed by atoms with E-state index in [1.54, 1.807) is 12.5 Å². The van der Waals surface area contributed by atoms with Crippen molar-refractivity contribution in [2.75, 3.05) is 13.6 Å². The molecular weight excluding hydrogens is 256 g/mol. The molecule has 0 aliphatic carbocycles. The Morgan fingerprint density at radius 1 is 1.30 bits per heavy atom. The van der Waals surface area contributed by atoms with Gasteiger partial charge in [-0.25, -0.2) is 4.98 Å². The van der Waals surface area contributed by atoms with Crippen molar-refractivity contribution < 1.29 is 13.6 Å². The van der Waals surface area contributed by atoms with Gasteiger partial charge in [0.15, 0.2) is 29.6 Å². The lowest BCUT2D eigenvalue weighted by Gasteiger charge is -2.16. The molecule has 104 valence electrons. The number of fused-ring (bicyclic) bond motifs is 1. The van der Waals surface area contributed by atoms with Crippen molar-refractivity contribution in [3.8, 4) is 5.75 Å². The maximum absolute atomic E-state index is 6.07. The van der Waals surface area contributed by atoms with Gasteiger partial charge in [-0.05, 0) is 25.7 Å². The summed E-state index contributed by atoms with van der Waals surface area (Å²) < 4.78 is 16.9. The van der Waals surface area contributed by atoms with Crippen molar-refractivity contribution >= 4 is 11.0 Å². The van der Waals surface area contributed by atoms with E-state index in [-0.39, 0.29) is 6.10 Å². The van der Waals surface area contributed by atoms with Crippen LogP contribution in [0.15, 0.2) is 52.0 Å². The topological polar surface area (TPSA) is 60.4 Å². The van der Waals surface area contributed by atoms with Gasteiger partial charge < -0.3 is 18.9 Å². The molecule has 1 N–H and O–H groups in total.